The highest BCUT2D eigenvalue weighted by atomic mass is 16.2. The van der Waals surface area contributed by atoms with Gasteiger partial charge in [0, 0.05) is 25.0 Å². The van der Waals surface area contributed by atoms with E-state index in [1.54, 1.807) is 27.7 Å². The summed E-state index contributed by atoms with van der Waals surface area (Å²) < 4.78 is 0. The number of likely N-dealkylation sites (tertiary alicyclic amines) is 1. The van der Waals surface area contributed by atoms with Gasteiger partial charge in [-0.2, -0.15) is 0 Å². The van der Waals surface area contributed by atoms with Gasteiger partial charge in [0.15, 0.2) is 0 Å². The van der Waals surface area contributed by atoms with Crippen LogP contribution in [-0.4, -0.2) is 87.4 Å². The lowest BCUT2D eigenvalue weighted by molar-refractivity contribution is -0.144. The summed E-state index contributed by atoms with van der Waals surface area (Å²) in [5.41, 5.74) is 0.0638. The SMILES string of the molecule is CC(C)C(NC(=O)c1cnccn1)C(=O)N[C@H](C(=O)N1C[C@@H]2CCC[C@@H]2[C@H]1C(=O)NCC(=O)C(=O)NC1CCC1)C(C)C. The van der Waals surface area contributed by atoms with Crippen molar-refractivity contribution < 1.29 is 28.8 Å². The van der Waals surface area contributed by atoms with Crippen LogP contribution in [0.5, 0.6) is 0 Å². The number of carbonyl (C=O) groups is 6. The molecule has 5 atom stereocenters. The highest BCUT2D eigenvalue weighted by molar-refractivity contribution is 6.37. The van der Waals surface area contributed by atoms with Gasteiger partial charge in [0.2, 0.25) is 23.5 Å². The number of hydrogen-bond donors (Lipinski definition) is 4. The number of amides is 5. The van der Waals surface area contributed by atoms with E-state index in [1.165, 1.54) is 23.5 Å². The van der Waals surface area contributed by atoms with Crippen LogP contribution in [0, 0.1) is 23.7 Å². The Kier molecular flexibility index (Phi) is 10.5. The van der Waals surface area contributed by atoms with E-state index in [4.69, 9.17) is 0 Å². The van der Waals surface area contributed by atoms with Crippen molar-refractivity contribution in [2.24, 2.45) is 23.7 Å². The Balaban J connectivity index is 1.43. The van der Waals surface area contributed by atoms with E-state index >= 15 is 0 Å². The van der Waals surface area contributed by atoms with Crippen molar-refractivity contribution in [2.45, 2.75) is 90.4 Å². The van der Waals surface area contributed by atoms with Gasteiger partial charge in [-0.25, -0.2) is 4.98 Å². The molecule has 5 amide bonds. The first-order valence-electron chi connectivity index (χ1n) is 15.3. The smallest absolute Gasteiger partial charge is 0.289 e. The molecule has 3 fully saturated rings. The molecule has 2 heterocycles. The van der Waals surface area contributed by atoms with Gasteiger partial charge in [0.1, 0.15) is 23.8 Å². The Labute approximate surface area is 251 Å². The maximum Gasteiger partial charge on any atom is 0.289 e. The van der Waals surface area contributed by atoms with Gasteiger partial charge in [0.25, 0.3) is 11.8 Å². The van der Waals surface area contributed by atoms with Gasteiger partial charge in [0.05, 0.1) is 12.7 Å². The monoisotopic (exact) mass is 597 g/mol. The van der Waals surface area contributed by atoms with E-state index in [0.29, 0.717) is 6.54 Å². The molecule has 0 bridgehead atoms. The quantitative estimate of drug-likeness (QED) is 0.249. The summed E-state index contributed by atoms with van der Waals surface area (Å²) in [5.74, 6) is -3.94. The fraction of sp³-hybridized carbons (Fsp3) is 0.667. The number of fused-ring (bicyclic) bond motifs is 1. The molecule has 4 N–H and O–H groups in total. The van der Waals surface area contributed by atoms with Crippen molar-refractivity contribution in [2.75, 3.05) is 13.1 Å². The zero-order valence-electron chi connectivity index (χ0n) is 25.3. The van der Waals surface area contributed by atoms with Crippen molar-refractivity contribution in [3.8, 4) is 0 Å². The molecule has 0 spiro atoms. The minimum atomic E-state index is -0.953. The second-order valence-corrected chi connectivity index (χ2v) is 12.5. The van der Waals surface area contributed by atoms with Crippen molar-refractivity contribution >= 4 is 35.3 Å². The summed E-state index contributed by atoms with van der Waals surface area (Å²) in [7, 11) is 0. The Bertz CT molecular complexity index is 1220. The van der Waals surface area contributed by atoms with Crippen LogP contribution in [0.4, 0.5) is 0 Å². The Morgan fingerprint density at radius 3 is 2.21 bits per heavy atom. The normalized spacial score (nSPS) is 22.7. The summed E-state index contributed by atoms with van der Waals surface area (Å²) >= 11 is 0. The number of rotatable bonds is 12. The number of aromatic nitrogens is 2. The van der Waals surface area contributed by atoms with Gasteiger partial charge >= 0.3 is 0 Å². The summed E-state index contributed by atoms with van der Waals surface area (Å²) in [6, 6.07) is -2.70. The molecule has 13 nitrogen and oxygen atoms in total. The third-order valence-corrected chi connectivity index (χ3v) is 8.82. The largest absolute Gasteiger partial charge is 0.347 e. The van der Waals surface area contributed by atoms with Crippen LogP contribution >= 0.6 is 0 Å². The second-order valence-electron chi connectivity index (χ2n) is 12.5. The highest BCUT2D eigenvalue weighted by Crippen LogP contribution is 2.42. The first-order valence-corrected chi connectivity index (χ1v) is 15.3. The molecule has 1 saturated heterocycles. The summed E-state index contributed by atoms with van der Waals surface area (Å²) in [6.45, 7) is 7.09. The zero-order valence-corrected chi connectivity index (χ0v) is 25.3. The van der Waals surface area contributed by atoms with E-state index in [0.717, 1.165) is 38.5 Å². The molecule has 234 valence electrons. The first-order chi connectivity index (χ1) is 20.5. The number of hydrogen-bond acceptors (Lipinski definition) is 8. The molecule has 1 unspecified atom stereocenters. The summed E-state index contributed by atoms with van der Waals surface area (Å²) in [4.78, 5) is 87.6. The van der Waals surface area contributed by atoms with Crippen LogP contribution in [0.1, 0.15) is 76.7 Å². The Morgan fingerprint density at radius 1 is 0.907 bits per heavy atom. The van der Waals surface area contributed by atoms with Gasteiger partial charge in [-0.05, 0) is 55.8 Å². The lowest BCUT2D eigenvalue weighted by Crippen LogP contribution is -2.59. The van der Waals surface area contributed by atoms with Gasteiger partial charge in [-0.15, -0.1) is 0 Å². The van der Waals surface area contributed by atoms with E-state index in [-0.39, 0.29) is 35.4 Å². The van der Waals surface area contributed by atoms with Crippen LogP contribution in [0.15, 0.2) is 18.6 Å². The fourth-order valence-corrected chi connectivity index (χ4v) is 6.14. The van der Waals surface area contributed by atoms with Crippen LogP contribution in [0.3, 0.4) is 0 Å². The third-order valence-electron chi connectivity index (χ3n) is 8.82. The predicted molar refractivity (Wildman–Crippen MR) is 155 cm³/mol. The lowest BCUT2D eigenvalue weighted by Gasteiger charge is -2.33. The van der Waals surface area contributed by atoms with Crippen molar-refractivity contribution in [1.82, 2.24) is 36.1 Å². The molecule has 43 heavy (non-hydrogen) atoms. The molecular formula is C30H43N7O6. The van der Waals surface area contributed by atoms with Crippen LogP contribution in [0.25, 0.3) is 0 Å². The third kappa shape index (κ3) is 7.55. The van der Waals surface area contributed by atoms with Gasteiger partial charge < -0.3 is 26.2 Å². The molecule has 2 saturated carbocycles. The minimum absolute atomic E-state index is 0.00754. The Hall–Kier alpha value is -3.90. The topological polar surface area (TPSA) is 180 Å². The summed E-state index contributed by atoms with van der Waals surface area (Å²) in [5, 5.41) is 10.8. The maximum atomic E-state index is 14.0. The van der Waals surface area contributed by atoms with Gasteiger partial charge in [-0.1, -0.05) is 34.1 Å². The fourth-order valence-electron chi connectivity index (χ4n) is 6.14. The molecule has 3 aliphatic rings. The zero-order chi connectivity index (χ0) is 31.3. The molecular weight excluding hydrogens is 554 g/mol. The molecule has 0 radical (unpaired) electrons. The first kappa shape index (κ1) is 32.0. The van der Waals surface area contributed by atoms with E-state index < -0.39 is 60.0 Å². The number of nitrogens with zero attached hydrogens (tertiary/aromatic N) is 3. The van der Waals surface area contributed by atoms with Crippen molar-refractivity contribution in [1.29, 1.82) is 0 Å². The molecule has 2 aliphatic carbocycles. The molecule has 4 rings (SSSR count). The molecule has 1 aliphatic heterocycles. The van der Waals surface area contributed by atoms with E-state index in [2.05, 4.69) is 31.2 Å². The number of ketones is 1. The van der Waals surface area contributed by atoms with Crippen LogP contribution in [0.2, 0.25) is 0 Å². The maximum absolute atomic E-state index is 14.0. The number of carbonyl (C=O) groups excluding carboxylic acids is 6. The minimum Gasteiger partial charge on any atom is -0.347 e. The predicted octanol–water partition coefficient (Wildman–Crippen LogP) is 0.353. The summed E-state index contributed by atoms with van der Waals surface area (Å²) in [6.07, 6.45) is 9.40. The van der Waals surface area contributed by atoms with Crippen LogP contribution < -0.4 is 21.3 Å². The van der Waals surface area contributed by atoms with Crippen molar-refractivity contribution in [3.63, 3.8) is 0 Å². The Morgan fingerprint density at radius 2 is 1.60 bits per heavy atom. The second kappa shape index (κ2) is 14.0. The lowest BCUT2D eigenvalue weighted by atomic mass is 9.93. The molecule has 1 aromatic heterocycles. The standard InChI is InChI=1S/C30H43N7O6/c1-16(2)23(35-26(39)21-13-31-11-12-32-21)28(41)36-24(17(3)4)30(43)37-15-18-7-5-10-20(18)25(37)29(42)33-14-22(38)27(40)34-19-8-6-9-19/h11-13,16-20,23-25H,5-10,14-15H2,1-4H3,(H,33,42)(H,34,40)(H,35,39)(H,36,41)/t18-,20-,23?,24-,25-/m0/s1. The number of Topliss-reactive ketones (excluding diaryl/α,β-unsaturated/α-hetero) is 1. The van der Waals surface area contributed by atoms with Gasteiger partial charge in [-0.3, -0.25) is 33.8 Å². The molecule has 13 heteroatoms. The van der Waals surface area contributed by atoms with E-state index in [9.17, 15) is 28.8 Å². The van der Waals surface area contributed by atoms with Crippen molar-refractivity contribution in [3.05, 3.63) is 24.3 Å². The molecule has 1 aromatic rings. The molecule has 0 aromatic carbocycles. The van der Waals surface area contributed by atoms with Crippen LogP contribution in [-0.2, 0) is 24.0 Å². The average Bonchev–Trinajstić information content (AvgIpc) is 3.56. The van der Waals surface area contributed by atoms with E-state index in [1.807, 2.05) is 0 Å². The number of nitrogens with one attached hydrogen (secondary N) is 4. The highest BCUT2D eigenvalue weighted by Gasteiger charge is 2.51. The average molecular weight is 598 g/mol.